The lowest BCUT2D eigenvalue weighted by molar-refractivity contribution is 0.0950. The maximum absolute atomic E-state index is 11.7. The zero-order valence-corrected chi connectivity index (χ0v) is 10.9. The van der Waals surface area contributed by atoms with Crippen LogP contribution in [0.3, 0.4) is 0 Å². The Hall–Kier alpha value is -0.710. The van der Waals surface area contributed by atoms with E-state index in [9.17, 15) is 4.79 Å². The van der Waals surface area contributed by atoms with Crippen molar-refractivity contribution in [3.8, 4) is 0 Å². The number of amides is 1. The number of nitrogens with two attached hydrogens (primary N) is 1. The van der Waals surface area contributed by atoms with Crippen molar-refractivity contribution >= 4 is 30.1 Å². The van der Waals surface area contributed by atoms with E-state index in [1.165, 1.54) is 0 Å². The first-order valence-electron chi connectivity index (χ1n) is 4.91. The van der Waals surface area contributed by atoms with Gasteiger partial charge in [-0.3, -0.25) is 4.79 Å². The van der Waals surface area contributed by atoms with E-state index in [4.69, 9.17) is 5.73 Å². The van der Waals surface area contributed by atoms with Gasteiger partial charge in [0, 0.05) is 11.4 Å². The van der Waals surface area contributed by atoms with E-state index in [0.29, 0.717) is 13.1 Å². The SMILES string of the molecule is CSc1ccccc1C(=O)NCCCN.Cl. The van der Waals surface area contributed by atoms with Crippen LogP contribution in [0.15, 0.2) is 29.2 Å². The molecule has 3 nitrogen and oxygen atoms in total. The molecule has 3 N–H and O–H groups in total. The van der Waals surface area contributed by atoms with Gasteiger partial charge in [0.25, 0.3) is 5.91 Å². The van der Waals surface area contributed by atoms with Crippen molar-refractivity contribution in [2.75, 3.05) is 19.3 Å². The first-order valence-corrected chi connectivity index (χ1v) is 6.13. The number of rotatable bonds is 5. The van der Waals surface area contributed by atoms with Crippen molar-refractivity contribution in [3.63, 3.8) is 0 Å². The Bertz CT molecular complexity index is 334. The molecular formula is C11H17ClN2OS. The van der Waals surface area contributed by atoms with Gasteiger partial charge in [-0.2, -0.15) is 0 Å². The van der Waals surface area contributed by atoms with Crippen molar-refractivity contribution < 1.29 is 4.79 Å². The van der Waals surface area contributed by atoms with Crippen LogP contribution in [0, 0.1) is 0 Å². The summed E-state index contributed by atoms with van der Waals surface area (Å²) >= 11 is 1.58. The average Bonchev–Trinajstić information content (AvgIpc) is 2.29. The molecule has 1 aromatic rings. The fraction of sp³-hybridized carbons (Fsp3) is 0.364. The van der Waals surface area contributed by atoms with Gasteiger partial charge >= 0.3 is 0 Å². The summed E-state index contributed by atoms with van der Waals surface area (Å²) < 4.78 is 0. The van der Waals surface area contributed by atoms with Crippen molar-refractivity contribution in [1.82, 2.24) is 5.32 Å². The second-order valence-corrected chi connectivity index (χ2v) is 3.95. The van der Waals surface area contributed by atoms with E-state index in [-0.39, 0.29) is 18.3 Å². The number of carbonyl (C=O) groups is 1. The predicted molar refractivity (Wildman–Crippen MR) is 71.5 cm³/mol. The van der Waals surface area contributed by atoms with Gasteiger partial charge in [-0.25, -0.2) is 0 Å². The van der Waals surface area contributed by atoms with Gasteiger partial charge in [0.05, 0.1) is 5.56 Å². The number of hydrogen-bond acceptors (Lipinski definition) is 3. The molecule has 1 rings (SSSR count). The second kappa shape index (κ2) is 8.44. The largest absolute Gasteiger partial charge is 0.352 e. The van der Waals surface area contributed by atoms with E-state index in [2.05, 4.69) is 5.32 Å². The van der Waals surface area contributed by atoms with Gasteiger partial charge in [0.15, 0.2) is 0 Å². The van der Waals surface area contributed by atoms with Crippen LogP contribution in [0.4, 0.5) is 0 Å². The molecule has 0 saturated carbocycles. The molecular weight excluding hydrogens is 244 g/mol. The molecule has 0 unspecified atom stereocenters. The average molecular weight is 261 g/mol. The fourth-order valence-electron chi connectivity index (χ4n) is 1.23. The van der Waals surface area contributed by atoms with Gasteiger partial charge in [0.2, 0.25) is 0 Å². The Morgan fingerprint density at radius 3 is 2.75 bits per heavy atom. The standard InChI is InChI=1S/C11H16N2OS.ClH/c1-15-10-6-3-2-5-9(10)11(14)13-8-4-7-12;/h2-3,5-6H,4,7-8,12H2,1H3,(H,13,14);1H. The highest BCUT2D eigenvalue weighted by molar-refractivity contribution is 7.98. The lowest BCUT2D eigenvalue weighted by Gasteiger charge is -2.07. The Morgan fingerprint density at radius 1 is 1.44 bits per heavy atom. The molecule has 0 aliphatic heterocycles. The lowest BCUT2D eigenvalue weighted by atomic mass is 10.2. The third-order valence-corrected chi connectivity index (χ3v) is 2.81. The van der Waals surface area contributed by atoms with Crippen LogP contribution in [0.1, 0.15) is 16.8 Å². The fourth-order valence-corrected chi connectivity index (χ4v) is 1.83. The topological polar surface area (TPSA) is 55.1 Å². The minimum atomic E-state index is -0.0200. The first-order chi connectivity index (χ1) is 7.29. The summed E-state index contributed by atoms with van der Waals surface area (Å²) in [5.41, 5.74) is 6.09. The van der Waals surface area contributed by atoms with Crippen LogP contribution in [-0.2, 0) is 0 Å². The van der Waals surface area contributed by atoms with E-state index in [0.717, 1.165) is 16.9 Å². The summed E-state index contributed by atoms with van der Waals surface area (Å²) in [4.78, 5) is 12.7. The van der Waals surface area contributed by atoms with Gasteiger partial charge in [-0.05, 0) is 31.4 Å². The summed E-state index contributed by atoms with van der Waals surface area (Å²) in [5.74, 6) is -0.0200. The molecule has 1 aromatic carbocycles. The number of benzene rings is 1. The summed E-state index contributed by atoms with van der Waals surface area (Å²) in [6.07, 6.45) is 2.78. The second-order valence-electron chi connectivity index (χ2n) is 3.10. The minimum Gasteiger partial charge on any atom is -0.352 e. The normalized spacial score (nSPS) is 9.38. The van der Waals surface area contributed by atoms with Crippen LogP contribution < -0.4 is 11.1 Å². The molecule has 0 aliphatic rings. The van der Waals surface area contributed by atoms with Gasteiger partial charge in [-0.15, -0.1) is 24.2 Å². The molecule has 0 radical (unpaired) electrons. The van der Waals surface area contributed by atoms with E-state index in [1.807, 2.05) is 30.5 Å². The Balaban J connectivity index is 0.00000225. The molecule has 5 heteroatoms. The maximum atomic E-state index is 11.7. The number of halogens is 1. The van der Waals surface area contributed by atoms with Crippen molar-refractivity contribution in [3.05, 3.63) is 29.8 Å². The molecule has 1 amide bonds. The Labute approximate surface area is 107 Å². The molecule has 0 spiro atoms. The van der Waals surface area contributed by atoms with E-state index < -0.39 is 0 Å². The van der Waals surface area contributed by atoms with Gasteiger partial charge < -0.3 is 11.1 Å². The highest BCUT2D eigenvalue weighted by atomic mass is 35.5. The van der Waals surface area contributed by atoms with Crippen molar-refractivity contribution in [2.24, 2.45) is 5.73 Å². The number of carbonyl (C=O) groups excluding carboxylic acids is 1. The number of nitrogens with one attached hydrogen (secondary N) is 1. The van der Waals surface area contributed by atoms with Gasteiger partial charge in [-0.1, -0.05) is 12.1 Å². The molecule has 0 aromatic heterocycles. The van der Waals surface area contributed by atoms with Gasteiger partial charge in [0.1, 0.15) is 0 Å². The molecule has 0 aliphatic carbocycles. The van der Waals surface area contributed by atoms with E-state index in [1.54, 1.807) is 11.8 Å². The number of thioether (sulfide) groups is 1. The third kappa shape index (κ3) is 4.43. The predicted octanol–water partition coefficient (Wildman–Crippen LogP) is 1.91. The Morgan fingerprint density at radius 2 is 2.12 bits per heavy atom. The Kier molecular flexibility index (Phi) is 8.07. The van der Waals surface area contributed by atoms with Crippen LogP contribution in [-0.4, -0.2) is 25.3 Å². The molecule has 0 atom stereocenters. The van der Waals surface area contributed by atoms with Crippen LogP contribution in [0.5, 0.6) is 0 Å². The molecule has 0 heterocycles. The van der Waals surface area contributed by atoms with Crippen molar-refractivity contribution in [1.29, 1.82) is 0 Å². The quantitative estimate of drug-likeness (QED) is 0.628. The zero-order chi connectivity index (χ0) is 11.1. The maximum Gasteiger partial charge on any atom is 0.252 e. The van der Waals surface area contributed by atoms with Crippen LogP contribution in [0.25, 0.3) is 0 Å². The smallest absolute Gasteiger partial charge is 0.252 e. The summed E-state index contributed by atoms with van der Waals surface area (Å²) in [7, 11) is 0. The number of hydrogen-bond donors (Lipinski definition) is 2. The zero-order valence-electron chi connectivity index (χ0n) is 9.23. The molecule has 90 valence electrons. The highest BCUT2D eigenvalue weighted by Gasteiger charge is 2.08. The first kappa shape index (κ1) is 15.3. The van der Waals surface area contributed by atoms with Crippen LogP contribution >= 0.6 is 24.2 Å². The highest BCUT2D eigenvalue weighted by Crippen LogP contribution is 2.19. The third-order valence-electron chi connectivity index (χ3n) is 2.02. The minimum absolute atomic E-state index is 0. The summed E-state index contributed by atoms with van der Waals surface area (Å²) in [6.45, 7) is 1.24. The van der Waals surface area contributed by atoms with E-state index >= 15 is 0 Å². The van der Waals surface area contributed by atoms with Crippen molar-refractivity contribution in [2.45, 2.75) is 11.3 Å². The van der Waals surface area contributed by atoms with Crippen LogP contribution in [0.2, 0.25) is 0 Å². The molecule has 0 bridgehead atoms. The summed E-state index contributed by atoms with van der Waals surface area (Å²) in [6, 6.07) is 7.59. The molecule has 0 fully saturated rings. The molecule has 0 saturated heterocycles. The summed E-state index contributed by atoms with van der Waals surface area (Å²) in [5, 5.41) is 2.84. The molecule has 16 heavy (non-hydrogen) atoms. The lowest BCUT2D eigenvalue weighted by Crippen LogP contribution is -2.26. The monoisotopic (exact) mass is 260 g/mol.